The number of furan rings is 1. The second kappa shape index (κ2) is 6.48. The third kappa shape index (κ3) is 3.56. The van der Waals surface area contributed by atoms with Crippen LogP contribution in [0.2, 0.25) is 0 Å². The Balaban J connectivity index is 2.16. The quantitative estimate of drug-likeness (QED) is 0.798. The third-order valence-electron chi connectivity index (χ3n) is 4.14. The van der Waals surface area contributed by atoms with Gasteiger partial charge in [0.05, 0.1) is 12.9 Å². The Hall–Kier alpha value is -1.55. The topological polar surface area (TPSA) is 48.7 Å². The molecule has 1 aromatic heterocycles. The first-order valence-electron chi connectivity index (χ1n) is 7.41. The fourth-order valence-corrected chi connectivity index (χ4v) is 3.00. The first-order valence-corrected chi connectivity index (χ1v) is 7.41. The van der Waals surface area contributed by atoms with E-state index in [2.05, 4.69) is 13.8 Å². The van der Waals surface area contributed by atoms with Crippen molar-refractivity contribution in [2.24, 2.45) is 11.3 Å². The van der Waals surface area contributed by atoms with Gasteiger partial charge in [0.15, 0.2) is 5.78 Å². The minimum absolute atomic E-state index is 0.100. The summed E-state index contributed by atoms with van der Waals surface area (Å²) in [5.41, 5.74) is -0.153. The smallest absolute Gasteiger partial charge is 0.162 e. The molecule has 0 N–H and O–H groups in total. The van der Waals surface area contributed by atoms with Crippen LogP contribution in [-0.2, 0) is 14.3 Å². The molecule has 1 aliphatic carbocycles. The van der Waals surface area contributed by atoms with Gasteiger partial charge in [0, 0.05) is 25.5 Å². The lowest BCUT2D eigenvalue weighted by atomic mass is 9.68. The molecule has 0 radical (unpaired) electrons. The Bertz CT molecular complexity index is 499. The average molecular weight is 292 g/mol. The van der Waals surface area contributed by atoms with E-state index in [1.807, 2.05) is 19.1 Å². The lowest BCUT2D eigenvalue weighted by molar-refractivity contribution is -0.125. The van der Waals surface area contributed by atoms with Gasteiger partial charge in [0.1, 0.15) is 17.6 Å². The van der Waals surface area contributed by atoms with E-state index in [1.165, 1.54) is 0 Å². The summed E-state index contributed by atoms with van der Waals surface area (Å²) in [4.78, 5) is 12.5. The zero-order valence-electron chi connectivity index (χ0n) is 13.2. The zero-order valence-corrected chi connectivity index (χ0v) is 13.2. The highest BCUT2D eigenvalue weighted by atomic mass is 16.5. The van der Waals surface area contributed by atoms with Crippen LogP contribution in [0.5, 0.6) is 0 Å². The monoisotopic (exact) mass is 292 g/mol. The Labute approximate surface area is 126 Å². The van der Waals surface area contributed by atoms with E-state index in [0.717, 1.165) is 17.9 Å². The molecule has 2 unspecified atom stereocenters. The van der Waals surface area contributed by atoms with Crippen LogP contribution in [0.25, 0.3) is 0 Å². The Kier molecular flexibility index (Phi) is 4.88. The van der Waals surface area contributed by atoms with Crippen molar-refractivity contribution in [3.05, 3.63) is 36.0 Å². The maximum absolute atomic E-state index is 12.5. The highest BCUT2D eigenvalue weighted by Crippen LogP contribution is 2.43. The molecule has 0 saturated heterocycles. The molecule has 21 heavy (non-hydrogen) atoms. The maximum Gasteiger partial charge on any atom is 0.162 e. The van der Waals surface area contributed by atoms with E-state index >= 15 is 0 Å². The predicted molar refractivity (Wildman–Crippen MR) is 79.7 cm³/mol. The second-order valence-corrected chi connectivity index (χ2v) is 6.14. The Morgan fingerprint density at radius 2 is 2.24 bits per heavy atom. The number of hydrogen-bond donors (Lipinski definition) is 0. The standard InChI is InChI=1S/C17H24O4/c1-5-20-12-9-14(18)13(17(2,3)11-12)10-16(19-4)15-7-6-8-21-15/h6-9,13,16H,5,10-11H2,1-4H3. The van der Waals surface area contributed by atoms with Crippen molar-refractivity contribution in [2.45, 2.75) is 39.7 Å². The molecular weight excluding hydrogens is 268 g/mol. The molecule has 1 heterocycles. The van der Waals surface area contributed by atoms with Crippen molar-refractivity contribution in [1.82, 2.24) is 0 Å². The van der Waals surface area contributed by atoms with E-state index in [4.69, 9.17) is 13.9 Å². The van der Waals surface area contributed by atoms with Crippen LogP contribution in [0, 0.1) is 11.3 Å². The molecule has 0 aromatic carbocycles. The van der Waals surface area contributed by atoms with Crippen molar-refractivity contribution < 1.29 is 18.7 Å². The molecule has 2 rings (SSSR count). The summed E-state index contributed by atoms with van der Waals surface area (Å²) in [7, 11) is 1.65. The van der Waals surface area contributed by atoms with Gasteiger partial charge in [-0.05, 0) is 30.9 Å². The van der Waals surface area contributed by atoms with Crippen LogP contribution >= 0.6 is 0 Å². The summed E-state index contributed by atoms with van der Waals surface area (Å²) < 4.78 is 16.5. The van der Waals surface area contributed by atoms with Gasteiger partial charge < -0.3 is 13.9 Å². The van der Waals surface area contributed by atoms with Crippen molar-refractivity contribution in [1.29, 1.82) is 0 Å². The lowest BCUT2D eigenvalue weighted by Gasteiger charge is -2.38. The van der Waals surface area contributed by atoms with Gasteiger partial charge in [-0.1, -0.05) is 13.8 Å². The van der Waals surface area contributed by atoms with Crippen LogP contribution < -0.4 is 0 Å². The van der Waals surface area contributed by atoms with Crippen LogP contribution in [0.4, 0.5) is 0 Å². The molecule has 4 heteroatoms. The minimum atomic E-state index is -0.199. The van der Waals surface area contributed by atoms with Crippen molar-refractivity contribution >= 4 is 5.78 Å². The predicted octanol–water partition coefficient (Wildman–Crippen LogP) is 3.89. The SMILES string of the molecule is CCOC1=CC(=O)C(CC(OC)c2ccco2)C(C)(C)C1. The number of methoxy groups -OCH3 is 1. The summed E-state index contributed by atoms with van der Waals surface area (Å²) in [5, 5.41) is 0. The fraction of sp³-hybridized carbons (Fsp3) is 0.588. The van der Waals surface area contributed by atoms with E-state index in [9.17, 15) is 4.79 Å². The molecule has 0 bridgehead atoms. The maximum atomic E-state index is 12.5. The zero-order chi connectivity index (χ0) is 15.5. The fourth-order valence-electron chi connectivity index (χ4n) is 3.00. The third-order valence-corrected chi connectivity index (χ3v) is 4.14. The van der Waals surface area contributed by atoms with Gasteiger partial charge in [0.25, 0.3) is 0 Å². The molecule has 0 aliphatic heterocycles. The number of allylic oxidation sites excluding steroid dienone is 2. The Morgan fingerprint density at radius 1 is 1.48 bits per heavy atom. The molecule has 1 aromatic rings. The van der Waals surface area contributed by atoms with Crippen LogP contribution in [0.15, 0.2) is 34.6 Å². The van der Waals surface area contributed by atoms with Crippen molar-refractivity contribution in [2.75, 3.05) is 13.7 Å². The molecular formula is C17H24O4. The molecule has 0 fully saturated rings. The number of rotatable bonds is 6. The molecule has 4 nitrogen and oxygen atoms in total. The normalized spacial score (nSPS) is 22.8. The van der Waals surface area contributed by atoms with E-state index in [1.54, 1.807) is 19.4 Å². The highest BCUT2D eigenvalue weighted by molar-refractivity contribution is 5.93. The summed E-state index contributed by atoms with van der Waals surface area (Å²) in [6.07, 6.45) is 4.46. The van der Waals surface area contributed by atoms with Crippen LogP contribution in [0.1, 0.15) is 45.5 Å². The molecule has 116 valence electrons. The number of carbonyl (C=O) groups excluding carboxylic acids is 1. The summed E-state index contributed by atoms with van der Waals surface area (Å²) in [6, 6.07) is 3.72. The Morgan fingerprint density at radius 3 is 2.76 bits per heavy atom. The van der Waals surface area contributed by atoms with Gasteiger partial charge in [-0.3, -0.25) is 4.79 Å². The van der Waals surface area contributed by atoms with Crippen molar-refractivity contribution in [3.63, 3.8) is 0 Å². The average Bonchev–Trinajstić information content (AvgIpc) is 2.91. The van der Waals surface area contributed by atoms with Gasteiger partial charge in [-0.2, -0.15) is 0 Å². The van der Waals surface area contributed by atoms with Gasteiger partial charge >= 0.3 is 0 Å². The first kappa shape index (κ1) is 15.8. The highest BCUT2D eigenvalue weighted by Gasteiger charge is 2.41. The number of ether oxygens (including phenoxy) is 2. The van der Waals surface area contributed by atoms with Gasteiger partial charge in [-0.15, -0.1) is 0 Å². The van der Waals surface area contributed by atoms with E-state index in [0.29, 0.717) is 13.0 Å². The summed E-state index contributed by atoms with van der Waals surface area (Å²) >= 11 is 0. The van der Waals surface area contributed by atoms with E-state index < -0.39 is 0 Å². The largest absolute Gasteiger partial charge is 0.498 e. The molecule has 1 aliphatic rings. The summed E-state index contributed by atoms with van der Waals surface area (Å²) in [6.45, 7) is 6.74. The molecule has 2 atom stereocenters. The van der Waals surface area contributed by atoms with Gasteiger partial charge in [0.2, 0.25) is 0 Å². The van der Waals surface area contributed by atoms with Crippen LogP contribution in [-0.4, -0.2) is 19.5 Å². The first-order chi connectivity index (χ1) is 9.97. The lowest BCUT2D eigenvalue weighted by Crippen LogP contribution is -2.36. The number of ketones is 1. The van der Waals surface area contributed by atoms with Crippen molar-refractivity contribution in [3.8, 4) is 0 Å². The number of carbonyl (C=O) groups is 1. The molecule has 0 saturated carbocycles. The summed E-state index contributed by atoms with van der Waals surface area (Å²) in [5.74, 6) is 1.57. The van der Waals surface area contributed by atoms with E-state index in [-0.39, 0.29) is 23.2 Å². The van der Waals surface area contributed by atoms with Gasteiger partial charge in [-0.25, -0.2) is 0 Å². The van der Waals surface area contributed by atoms with Crippen LogP contribution in [0.3, 0.4) is 0 Å². The molecule has 0 amide bonds. The minimum Gasteiger partial charge on any atom is -0.498 e. The number of hydrogen-bond acceptors (Lipinski definition) is 4. The second-order valence-electron chi connectivity index (χ2n) is 6.14. The molecule has 0 spiro atoms.